The third-order valence-electron chi connectivity index (χ3n) is 14.0. The topological polar surface area (TPSA) is 86.7 Å². The number of allylic oxidation sites excluding steroid dienone is 2. The van der Waals surface area contributed by atoms with Gasteiger partial charge in [-0.25, -0.2) is 0 Å². The second-order valence-corrected chi connectivity index (χ2v) is 16.8. The molecule has 0 amide bonds. The van der Waals surface area contributed by atoms with Crippen molar-refractivity contribution in [3.05, 3.63) is 11.6 Å². The van der Waals surface area contributed by atoms with E-state index in [4.69, 9.17) is 16.3 Å². The van der Waals surface area contributed by atoms with E-state index in [-0.39, 0.29) is 80.8 Å². The standard InChI is InChI=1S/C35H51ClO6/c1-30(2)24-11-14-35(7)28(33(24,5)13-12-25(30)42-27(39)10-9-26(38)41-8)23(37)19-21-22-20-32(4,29(36)40)16-15-31(22,3)17-18-34(21,35)6/h19,22,24-25,28H,9-18,20H2,1-8H3/t22-,24?,25-,28+,31+,32?,33-,34+,35+/m0/s1. The second kappa shape index (κ2) is 10.2. The molecule has 0 heterocycles. The molecule has 2 unspecified atom stereocenters. The van der Waals surface area contributed by atoms with E-state index < -0.39 is 11.4 Å². The van der Waals surface area contributed by atoms with Crippen LogP contribution in [0, 0.1) is 50.2 Å². The maximum atomic E-state index is 14.5. The number of methoxy groups -OCH3 is 1. The van der Waals surface area contributed by atoms with E-state index in [1.54, 1.807) is 0 Å². The molecule has 0 radical (unpaired) electrons. The van der Waals surface area contributed by atoms with Gasteiger partial charge in [0.05, 0.1) is 20.0 Å². The van der Waals surface area contributed by atoms with Crippen molar-refractivity contribution in [1.29, 1.82) is 0 Å². The van der Waals surface area contributed by atoms with Crippen LogP contribution in [-0.4, -0.2) is 36.2 Å². The first-order valence-corrected chi connectivity index (χ1v) is 16.5. The third-order valence-corrected chi connectivity index (χ3v) is 14.5. The SMILES string of the molecule is COC(=O)CCC(=O)O[C@H]1CC[C@@]2(C)C(CC[C@]3(C)[C@@H]2C(=O)C=C2[C@@H]4CC(C)(C(=O)Cl)CC[C@]4(C)CC[C@]23C)C1(C)C. The van der Waals surface area contributed by atoms with Gasteiger partial charge < -0.3 is 9.47 Å². The number of halogens is 1. The summed E-state index contributed by atoms with van der Waals surface area (Å²) < 4.78 is 10.7. The number of rotatable bonds is 5. The zero-order chi connectivity index (χ0) is 31.1. The van der Waals surface area contributed by atoms with E-state index in [1.165, 1.54) is 12.7 Å². The Labute approximate surface area is 257 Å². The molecule has 0 bridgehead atoms. The molecule has 0 spiro atoms. The van der Waals surface area contributed by atoms with Crippen LogP contribution in [-0.2, 0) is 28.7 Å². The van der Waals surface area contributed by atoms with Crippen LogP contribution in [0.4, 0.5) is 0 Å². The van der Waals surface area contributed by atoms with Crippen molar-refractivity contribution in [2.75, 3.05) is 7.11 Å². The molecule has 4 fully saturated rings. The van der Waals surface area contributed by atoms with Crippen LogP contribution in [0.25, 0.3) is 0 Å². The Morgan fingerprint density at radius 2 is 1.52 bits per heavy atom. The number of esters is 2. The summed E-state index contributed by atoms with van der Waals surface area (Å²) in [5.74, 6) is -0.241. The highest BCUT2D eigenvalue weighted by Crippen LogP contribution is 2.75. The lowest BCUT2D eigenvalue weighted by Gasteiger charge is -2.70. The minimum absolute atomic E-state index is 0.0146. The van der Waals surface area contributed by atoms with Gasteiger partial charge in [-0.2, -0.15) is 0 Å². The molecule has 0 saturated heterocycles. The number of fused-ring (bicyclic) bond motifs is 7. The van der Waals surface area contributed by atoms with E-state index in [0.717, 1.165) is 51.4 Å². The number of hydrogen-bond donors (Lipinski definition) is 0. The van der Waals surface area contributed by atoms with Gasteiger partial charge in [0, 0.05) is 16.7 Å². The lowest BCUT2D eigenvalue weighted by atomic mass is 9.33. The molecule has 42 heavy (non-hydrogen) atoms. The van der Waals surface area contributed by atoms with E-state index in [0.29, 0.717) is 6.42 Å². The van der Waals surface area contributed by atoms with Crippen LogP contribution in [0.2, 0.25) is 0 Å². The molecule has 0 aliphatic heterocycles. The summed E-state index contributed by atoms with van der Waals surface area (Å²) in [5.41, 5.74) is -0.0404. The van der Waals surface area contributed by atoms with Gasteiger partial charge in [-0.3, -0.25) is 19.2 Å². The molecule has 0 aromatic carbocycles. The minimum Gasteiger partial charge on any atom is -0.469 e. The van der Waals surface area contributed by atoms with Crippen LogP contribution < -0.4 is 0 Å². The zero-order valence-electron chi connectivity index (χ0n) is 27.0. The molecule has 0 N–H and O–H groups in total. The Hall–Kier alpha value is -1.69. The molecule has 5 rings (SSSR count). The summed E-state index contributed by atoms with van der Waals surface area (Å²) in [4.78, 5) is 51.3. The Balaban J connectivity index is 1.46. The number of carbonyl (C=O) groups is 4. The van der Waals surface area contributed by atoms with Gasteiger partial charge in [0.25, 0.3) is 0 Å². The number of ketones is 1. The monoisotopic (exact) mass is 602 g/mol. The predicted octanol–water partition coefficient (Wildman–Crippen LogP) is 7.60. The van der Waals surface area contributed by atoms with Gasteiger partial charge in [0.2, 0.25) is 5.24 Å². The second-order valence-electron chi connectivity index (χ2n) is 16.4. The maximum absolute atomic E-state index is 14.5. The highest BCUT2D eigenvalue weighted by Gasteiger charge is 2.70. The number of carbonyl (C=O) groups excluding carboxylic acids is 4. The number of hydrogen-bond acceptors (Lipinski definition) is 6. The third kappa shape index (κ3) is 4.46. The van der Waals surface area contributed by atoms with Crippen LogP contribution in [0.3, 0.4) is 0 Å². The fourth-order valence-corrected chi connectivity index (χ4v) is 11.2. The van der Waals surface area contributed by atoms with E-state index in [9.17, 15) is 19.2 Å². The van der Waals surface area contributed by atoms with E-state index in [2.05, 4.69) is 46.3 Å². The first-order chi connectivity index (χ1) is 19.4. The van der Waals surface area contributed by atoms with Crippen LogP contribution in [0.1, 0.15) is 119 Å². The van der Waals surface area contributed by atoms with Gasteiger partial charge in [-0.15, -0.1) is 0 Å². The fraction of sp³-hybridized carbons (Fsp3) is 0.829. The Morgan fingerprint density at radius 3 is 2.17 bits per heavy atom. The molecule has 5 aliphatic carbocycles. The highest BCUT2D eigenvalue weighted by molar-refractivity contribution is 6.64. The van der Waals surface area contributed by atoms with Crippen molar-refractivity contribution in [1.82, 2.24) is 0 Å². The lowest BCUT2D eigenvalue weighted by molar-refractivity contribution is -0.211. The van der Waals surface area contributed by atoms with Gasteiger partial charge in [0.15, 0.2) is 5.78 Å². The van der Waals surface area contributed by atoms with Crippen LogP contribution in [0.15, 0.2) is 11.6 Å². The maximum Gasteiger partial charge on any atom is 0.306 e. The van der Waals surface area contributed by atoms with Crippen molar-refractivity contribution in [3.63, 3.8) is 0 Å². The van der Waals surface area contributed by atoms with Gasteiger partial charge in [0.1, 0.15) is 6.10 Å². The lowest BCUT2D eigenvalue weighted by Crippen LogP contribution is -2.66. The smallest absolute Gasteiger partial charge is 0.306 e. The number of ether oxygens (including phenoxy) is 2. The van der Waals surface area contributed by atoms with E-state index >= 15 is 0 Å². The first kappa shape index (κ1) is 31.7. The highest BCUT2D eigenvalue weighted by atomic mass is 35.5. The Kier molecular flexibility index (Phi) is 7.68. The summed E-state index contributed by atoms with van der Waals surface area (Å²) in [5, 5.41) is -0.248. The average molecular weight is 603 g/mol. The Morgan fingerprint density at radius 1 is 0.881 bits per heavy atom. The molecule has 234 valence electrons. The summed E-state index contributed by atoms with van der Waals surface area (Å²) >= 11 is 6.18. The summed E-state index contributed by atoms with van der Waals surface area (Å²) in [6.45, 7) is 15.9. The van der Waals surface area contributed by atoms with E-state index in [1.807, 2.05) is 13.0 Å². The summed E-state index contributed by atoms with van der Waals surface area (Å²) in [7, 11) is 1.32. The fourth-order valence-electron chi connectivity index (χ4n) is 11.1. The van der Waals surface area contributed by atoms with Gasteiger partial charge >= 0.3 is 11.9 Å². The molecule has 0 aromatic rings. The molecule has 0 aromatic heterocycles. The largest absolute Gasteiger partial charge is 0.469 e. The summed E-state index contributed by atoms with van der Waals surface area (Å²) in [6, 6.07) is 0. The molecule has 4 saturated carbocycles. The molecule has 6 nitrogen and oxygen atoms in total. The van der Waals surface area contributed by atoms with Crippen LogP contribution in [0.5, 0.6) is 0 Å². The molecular weight excluding hydrogens is 552 g/mol. The van der Waals surface area contributed by atoms with Gasteiger partial charge in [-0.1, -0.05) is 54.0 Å². The zero-order valence-corrected chi connectivity index (χ0v) is 27.7. The van der Waals surface area contributed by atoms with Crippen molar-refractivity contribution >= 4 is 34.6 Å². The van der Waals surface area contributed by atoms with Crippen molar-refractivity contribution < 1.29 is 28.7 Å². The molecular formula is C35H51ClO6. The molecule has 9 atom stereocenters. The molecule has 5 aliphatic rings. The van der Waals surface area contributed by atoms with Crippen molar-refractivity contribution in [2.24, 2.45) is 50.2 Å². The summed E-state index contributed by atoms with van der Waals surface area (Å²) in [6.07, 6.45) is 9.89. The van der Waals surface area contributed by atoms with Crippen molar-refractivity contribution in [2.45, 2.75) is 125 Å². The quantitative estimate of drug-likeness (QED) is 0.238. The van der Waals surface area contributed by atoms with Crippen molar-refractivity contribution in [3.8, 4) is 0 Å². The van der Waals surface area contributed by atoms with Gasteiger partial charge in [-0.05, 0) is 109 Å². The predicted molar refractivity (Wildman–Crippen MR) is 161 cm³/mol. The first-order valence-electron chi connectivity index (χ1n) is 16.1. The normalized spacial score (nSPS) is 45.7. The Bertz CT molecular complexity index is 1220. The minimum atomic E-state index is -0.550. The molecule has 7 heteroatoms. The average Bonchev–Trinajstić information content (AvgIpc) is 2.91. The van der Waals surface area contributed by atoms with Crippen LogP contribution >= 0.6 is 11.6 Å².